The molecule has 0 unspecified atom stereocenters. The molecular formula is C10H20IN3O2S2. The Bertz CT molecular complexity index is 415. The summed E-state index contributed by atoms with van der Waals surface area (Å²) in [4.78, 5) is 6.32. The van der Waals surface area contributed by atoms with E-state index >= 15 is 0 Å². The van der Waals surface area contributed by atoms with Crippen molar-refractivity contribution in [3.05, 3.63) is 0 Å². The van der Waals surface area contributed by atoms with E-state index in [1.165, 1.54) is 6.26 Å². The van der Waals surface area contributed by atoms with Crippen LogP contribution >= 0.6 is 35.7 Å². The highest BCUT2D eigenvalue weighted by Gasteiger charge is 2.52. The van der Waals surface area contributed by atoms with Crippen LogP contribution in [-0.4, -0.2) is 61.4 Å². The highest BCUT2D eigenvalue weighted by molar-refractivity contribution is 14.0. The average molecular weight is 405 g/mol. The van der Waals surface area contributed by atoms with Gasteiger partial charge in [-0.2, -0.15) is 11.8 Å². The molecule has 1 saturated carbocycles. The summed E-state index contributed by atoms with van der Waals surface area (Å²) in [6.07, 6.45) is 2.74. The van der Waals surface area contributed by atoms with Gasteiger partial charge in [0.15, 0.2) is 15.8 Å². The molecule has 1 aliphatic heterocycles. The van der Waals surface area contributed by atoms with E-state index in [9.17, 15) is 8.42 Å². The molecule has 0 radical (unpaired) electrons. The van der Waals surface area contributed by atoms with Crippen molar-refractivity contribution < 1.29 is 8.42 Å². The zero-order valence-corrected chi connectivity index (χ0v) is 14.4. The minimum absolute atomic E-state index is 0. The molecule has 2 rings (SSSR count). The molecule has 0 aromatic heterocycles. The van der Waals surface area contributed by atoms with Crippen molar-refractivity contribution in [1.82, 2.24) is 4.90 Å². The number of rotatable bonds is 3. The summed E-state index contributed by atoms with van der Waals surface area (Å²) in [5, 5.41) is 0. The fourth-order valence-electron chi connectivity index (χ4n) is 1.90. The van der Waals surface area contributed by atoms with E-state index in [1.54, 1.807) is 0 Å². The number of thioether (sulfide) groups is 1. The Kier molecular flexibility index (Phi) is 5.60. The molecule has 5 nitrogen and oxygen atoms in total. The SMILES string of the molecule is CS(=O)(=O)C1(CN=C(N)N2CCSCC2)CC1.I. The van der Waals surface area contributed by atoms with E-state index in [0.29, 0.717) is 12.5 Å². The summed E-state index contributed by atoms with van der Waals surface area (Å²) in [7, 11) is -3.00. The second kappa shape index (κ2) is 6.17. The van der Waals surface area contributed by atoms with Crippen molar-refractivity contribution in [2.75, 3.05) is 37.4 Å². The number of nitrogens with two attached hydrogens (primary N) is 1. The van der Waals surface area contributed by atoms with Crippen LogP contribution < -0.4 is 5.73 Å². The fourth-order valence-corrected chi connectivity index (χ4v) is 3.95. The summed E-state index contributed by atoms with van der Waals surface area (Å²) < 4.78 is 22.5. The summed E-state index contributed by atoms with van der Waals surface area (Å²) in [6, 6.07) is 0. The molecule has 1 aliphatic carbocycles. The molecule has 1 heterocycles. The highest BCUT2D eigenvalue weighted by atomic mass is 127. The number of hydrogen-bond donors (Lipinski definition) is 1. The number of halogens is 1. The van der Waals surface area contributed by atoms with E-state index in [1.807, 2.05) is 16.7 Å². The van der Waals surface area contributed by atoms with Gasteiger partial charge < -0.3 is 10.6 Å². The van der Waals surface area contributed by atoms with Gasteiger partial charge >= 0.3 is 0 Å². The monoisotopic (exact) mass is 405 g/mol. The van der Waals surface area contributed by atoms with Crippen molar-refractivity contribution >= 4 is 51.5 Å². The van der Waals surface area contributed by atoms with Crippen LogP contribution in [0.4, 0.5) is 0 Å². The van der Waals surface area contributed by atoms with Crippen LogP contribution in [0.3, 0.4) is 0 Å². The first kappa shape index (κ1) is 16.4. The molecule has 0 amide bonds. The molecule has 8 heteroatoms. The first-order chi connectivity index (χ1) is 7.95. The van der Waals surface area contributed by atoms with Crippen LogP contribution in [0.2, 0.25) is 0 Å². The Hall–Kier alpha value is 0.300. The molecule has 106 valence electrons. The number of hydrogen-bond acceptors (Lipinski definition) is 4. The molecule has 2 fully saturated rings. The lowest BCUT2D eigenvalue weighted by atomic mass is 10.4. The molecule has 18 heavy (non-hydrogen) atoms. The second-order valence-corrected chi connectivity index (χ2v) is 8.36. The molecule has 0 atom stereocenters. The summed E-state index contributed by atoms with van der Waals surface area (Å²) in [5.74, 6) is 2.63. The van der Waals surface area contributed by atoms with Gasteiger partial charge in [-0.1, -0.05) is 0 Å². The van der Waals surface area contributed by atoms with Crippen LogP contribution in [0.25, 0.3) is 0 Å². The first-order valence-corrected chi connectivity index (χ1v) is 8.81. The van der Waals surface area contributed by atoms with Crippen molar-refractivity contribution in [1.29, 1.82) is 0 Å². The molecule has 0 spiro atoms. The first-order valence-electron chi connectivity index (χ1n) is 5.77. The van der Waals surface area contributed by atoms with E-state index in [-0.39, 0.29) is 24.0 Å². The summed E-state index contributed by atoms with van der Waals surface area (Å²) in [5.41, 5.74) is 5.90. The van der Waals surface area contributed by atoms with Crippen molar-refractivity contribution in [3.63, 3.8) is 0 Å². The Morgan fingerprint density at radius 1 is 1.39 bits per heavy atom. The lowest BCUT2D eigenvalue weighted by Crippen LogP contribution is -2.43. The van der Waals surface area contributed by atoms with E-state index in [0.717, 1.165) is 37.4 Å². The van der Waals surface area contributed by atoms with Crippen LogP contribution in [-0.2, 0) is 9.84 Å². The quantitative estimate of drug-likeness (QED) is 0.422. The van der Waals surface area contributed by atoms with Crippen LogP contribution in [0.15, 0.2) is 4.99 Å². The fraction of sp³-hybridized carbons (Fsp3) is 0.900. The topological polar surface area (TPSA) is 75.8 Å². The molecular weight excluding hydrogens is 385 g/mol. The second-order valence-electron chi connectivity index (χ2n) is 4.73. The zero-order valence-electron chi connectivity index (χ0n) is 10.5. The van der Waals surface area contributed by atoms with Gasteiger partial charge in [-0.3, -0.25) is 4.99 Å². The minimum atomic E-state index is -3.00. The maximum absolute atomic E-state index is 11.6. The molecule has 0 bridgehead atoms. The molecule has 0 aromatic carbocycles. The number of sulfone groups is 1. The van der Waals surface area contributed by atoms with Gasteiger partial charge in [0.05, 0.1) is 11.3 Å². The zero-order chi connectivity index (χ0) is 12.5. The Morgan fingerprint density at radius 3 is 2.39 bits per heavy atom. The lowest BCUT2D eigenvalue weighted by Gasteiger charge is -2.27. The van der Waals surface area contributed by atoms with Gasteiger partial charge in [0, 0.05) is 30.9 Å². The predicted molar refractivity (Wildman–Crippen MR) is 87.6 cm³/mol. The largest absolute Gasteiger partial charge is 0.370 e. The molecule has 2 aliphatic rings. The van der Waals surface area contributed by atoms with Gasteiger partial charge in [0.1, 0.15) is 0 Å². The Labute approximate surface area is 130 Å². The summed E-state index contributed by atoms with van der Waals surface area (Å²) in [6.45, 7) is 2.14. The number of nitrogens with zero attached hydrogens (tertiary/aromatic N) is 2. The van der Waals surface area contributed by atoms with E-state index < -0.39 is 14.6 Å². The lowest BCUT2D eigenvalue weighted by molar-refractivity contribution is 0.455. The van der Waals surface area contributed by atoms with Gasteiger partial charge in [0.25, 0.3) is 0 Å². The number of aliphatic imine (C=N–C) groups is 1. The normalized spacial score (nSPS) is 23.4. The van der Waals surface area contributed by atoms with Crippen LogP contribution in [0.1, 0.15) is 12.8 Å². The smallest absolute Gasteiger partial charge is 0.191 e. The standard InChI is InChI=1S/C10H19N3O2S2.HI/c1-17(14,15)10(2-3-10)8-12-9(11)13-4-6-16-7-5-13;/h2-8H2,1H3,(H2,11,12);1H. The Morgan fingerprint density at radius 2 is 1.94 bits per heavy atom. The van der Waals surface area contributed by atoms with Gasteiger partial charge in [-0.15, -0.1) is 24.0 Å². The Balaban J connectivity index is 0.00000162. The third kappa shape index (κ3) is 3.66. The minimum Gasteiger partial charge on any atom is -0.370 e. The van der Waals surface area contributed by atoms with Crippen LogP contribution in [0.5, 0.6) is 0 Å². The third-order valence-corrected chi connectivity index (χ3v) is 6.51. The van der Waals surface area contributed by atoms with E-state index in [2.05, 4.69) is 4.99 Å². The summed E-state index contributed by atoms with van der Waals surface area (Å²) >= 11 is 1.91. The molecule has 2 N–H and O–H groups in total. The van der Waals surface area contributed by atoms with Crippen LogP contribution in [0, 0.1) is 0 Å². The molecule has 0 aromatic rings. The maximum atomic E-state index is 11.6. The third-order valence-electron chi connectivity index (χ3n) is 3.46. The van der Waals surface area contributed by atoms with Gasteiger partial charge in [0.2, 0.25) is 0 Å². The van der Waals surface area contributed by atoms with Crippen molar-refractivity contribution in [2.24, 2.45) is 10.7 Å². The molecule has 1 saturated heterocycles. The maximum Gasteiger partial charge on any atom is 0.191 e. The van der Waals surface area contributed by atoms with Gasteiger partial charge in [-0.05, 0) is 12.8 Å². The van der Waals surface area contributed by atoms with Crippen molar-refractivity contribution in [3.8, 4) is 0 Å². The average Bonchev–Trinajstić information content (AvgIpc) is 3.07. The van der Waals surface area contributed by atoms with Crippen molar-refractivity contribution in [2.45, 2.75) is 17.6 Å². The predicted octanol–water partition coefficient (Wildman–Crippen LogP) is 0.545. The van der Waals surface area contributed by atoms with E-state index in [4.69, 9.17) is 5.73 Å². The highest BCUT2D eigenvalue weighted by Crippen LogP contribution is 2.43. The van der Waals surface area contributed by atoms with Gasteiger partial charge in [-0.25, -0.2) is 8.42 Å². The number of guanidine groups is 1.